The van der Waals surface area contributed by atoms with Crippen LogP contribution in [0.15, 0.2) is 54.6 Å². The third-order valence-electron chi connectivity index (χ3n) is 3.08. The van der Waals surface area contributed by atoms with Gasteiger partial charge in [0, 0.05) is 6.54 Å². The number of nitrogens with two attached hydrogens (primary N) is 1. The lowest BCUT2D eigenvalue weighted by Gasteiger charge is -2.15. The molecule has 3 rings (SSSR count). The molecule has 0 saturated heterocycles. The monoisotopic (exact) mass is 238 g/mol. The van der Waals surface area contributed by atoms with E-state index in [2.05, 4.69) is 22.4 Å². The molecule has 1 aromatic heterocycles. The Kier molecular flexibility index (Phi) is 2.78. The van der Waals surface area contributed by atoms with Gasteiger partial charge in [0.2, 0.25) is 0 Å². The highest BCUT2D eigenvalue weighted by Gasteiger charge is 2.15. The van der Waals surface area contributed by atoms with Gasteiger partial charge in [0.1, 0.15) is 5.52 Å². The SMILES string of the molecule is NCC(c1ccccc1)n1nnc2ccccc21. The van der Waals surface area contributed by atoms with Gasteiger partial charge in [-0.05, 0) is 17.7 Å². The molecule has 18 heavy (non-hydrogen) atoms. The molecule has 0 amide bonds. The van der Waals surface area contributed by atoms with Crippen LogP contribution in [0.2, 0.25) is 0 Å². The first-order valence-corrected chi connectivity index (χ1v) is 5.95. The van der Waals surface area contributed by atoms with Crippen LogP contribution < -0.4 is 5.73 Å². The third kappa shape index (κ3) is 1.76. The molecule has 1 heterocycles. The predicted molar refractivity (Wildman–Crippen MR) is 71.2 cm³/mol. The second-order valence-corrected chi connectivity index (χ2v) is 4.18. The number of hydrogen-bond acceptors (Lipinski definition) is 3. The lowest BCUT2D eigenvalue weighted by Crippen LogP contribution is -2.21. The summed E-state index contributed by atoms with van der Waals surface area (Å²) in [5.74, 6) is 0. The van der Waals surface area contributed by atoms with Crippen LogP contribution in [-0.4, -0.2) is 21.5 Å². The molecule has 0 aliphatic heterocycles. The van der Waals surface area contributed by atoms with Crippen molar-refractivity contribution in [2.24, 2.45) is 5.73 Å². The van der Waals surface area contributed by atoms with Crippen molar-refractivity contribution in [2.45, 2.75) is 6.04 Å². The third-order valence-corrected chi connectivity index (χ3v) is 3.08. The van der Waals surface area contributed by atoms with Gasteiger partial charge in [-0.3, -0.25) is 0 Å². The number of fused-ring (bicyclic) bond motifs is 1. The van der Waals surface area contributed by atoms with E-state index in [1.807, 2.05) is 47.1 Å². The molecule has 0 saturated carbocycles. The molecule has 0 aliphatic carbocycles. The minimum Gasteiger partial charge on any atom is -0.328 e. The van der Waals surface area contributed by atoms with Crippen LogP contribution >= 0.6 is 0 Å². The minimum absolute atomic E-state index is 0.0265. The van der Waals surface area contributed by atoms with Gasteiger partial charge in [-0.25, -0.2) is 4.68 Å². The lowest BCUT2D eigenvalue weighted by atomic mass is 10.1. The van der Waals surface area contributed by atoms with Crippen molar-refractivity contribution in [3.63, 3.8) is 0 Å². The van der Waals surface area contributed by atoms with Gasteiger partial charge in [0.05, 0.1) is 11.6 Å². The fraction of sp³-hybridized carbons (Fsp3) is 0.143. The summed E-state index contributed by atoms with van der Waals surface area (Å²) in [6, 6.07) is 18.1. The summed E-state index contributed by atoms with van der Waals surface area (Å²) in [7, 11) is 0. The van der Waals surface area contributed by atoms with Gasteiger partial charge in [-0.15, -0.1) is 5.10 Å². The van der Waals surface area contributed by atoms with Gasteiger partial charge in [0.15, 0.2) is 0 Å². The van der Waals surface area contributed by atoms with E-state index in [4.69, 9.17) is 5.73 Å². The fourth-order valence-corrected chi connectivity index (χ4v) is 2.17. The molecule has 0 fully saturated rings. The van der Waals surface area contributed by atoms with E-state index in [0.717, 1.165) is 16.6 Å². The maximum absolute atomic E-state index is 5.90. The summed E-state index contributed by atoms with van der Waals surface area (Å²) >= 11 is 0. The van der Waals surface area contributed by atoms with Gasteiger partial charge in [-0.2, -0.15) is 0 Å². The van der Waals surface area contributed by atoms with E-state index in [1.54, 1.807) is 0 Å². The van der Waals surface area contributed by atoms with Crippen molar-refractivity contribution < 1.29 is 0 Å². The van der Waals surface area contributed by atoms with Crippen LogP contribution in [0.3, 0.4) is 0 Å². The quantitative estimate of drug-likeness (QED) is 0.759. The number of para-hydroxylation sites is 1. The zero-order valence-corrected chi connectivity index (χ0v) is 9.90. The van der Waals surface area contributed by atoms with Crippen LogP contribution in [0, 0.1) is 0 Å². The van der Waals surface area contributed by atoms with Crippen LogP contribution in [0.25, 0.3) is 11.0 Å². The van der Waals surface area contributed by atoms with Crippen molar-refractivity contribution in [3.05, 3.63) is 60.2 Å². The second kappa shape index (κ2) is 4.58. The zero-order chi connectivity index (χ0) is 12.4. The highest BCUT2D eigenvalue weighted by molar-refractivity contribution is 5.74. The molecule has 2 aromatic carbocycles. The fourth-order valence-electron chi connectivity index (χ4n) is 2.17. The first-order valence-electron chi connectivity index (χ1n) is 5.95. The van der Waals surface area contributed by atoms with E-state index in [9.17, 15) is 0 Å². The number of nitrogens with zero attached hydrogens (tertiary/aromatic N) is 3. The van der Waals surface area contributed by atoms with E-state index < -0.39 is 0 Å². The molecular weight excluding hydrogens is 224 g/mol. The number of benzene rings is 2. The van der Waals surface area contributed by atoms with Crippen LogP contribution in [0.5, 0.6) is 0 Å². The minimum atomic E-state index is 0.0265. The highest BCUT2D eigenvalue weighted by atomic mass is 15.4. The van der Waals surface area contributed by atoms with Gasteiger partial charge in [-0.1, -0.05) is 47.7 Å². The summed E-state index contributed by atoms with van der Waals surface area (Å²) in [5.41, 5.74) is 8.95. The Morgan fingerprint density at radius 3 is 2.50 bits per heavy atom. The first kappa shape index (κ1) is 10.9. The van der Waals surface area contributed by atoms with E-state index >= 15 is 0 Å². The summed E-state index contributed by atoms with van der Waals surface area (Å²) < 4.78 is 1.89. The molecule has 0 radical (unpaired) electrons. The molecule has 0 aliphatic rings. The standard InChI is InChI=1S/C14H14N4/c15-10-14(11-6-2-1-3-7-11)18-13-9-5-4-8-12(13)16-17-18/h1-9,14H,10,15H2. The summed E-state index contributed by atoms with van der Waals surface area (Å²) in [6.45, 7) is 0.497. The molecule has 0 spiro atoms. The average Bonchev–Trinajstić information content (AvgIpc) is 2.85. The molecule has 2 N–H and O–H groups in total. The molecule has 1 atom stereocenters. The molecule has 1 unspecified atom stereocenters. The molecule has 4 nitrogen and oxygen atoms in total. The Morgan fingerprint density at radius 2 is 1.72 bits per heavy atom. The smallest absolute Gasteiger partial charge is 0.113 e. The lowest BCUT2D eigenvalue weighted by molar-refractivity contribution is 0.529. The van der Waals surface area contributed by atoms with Crippen LogP contribution in [0.1, 0.15) is 11.6 Å². The Balaban J connectivity index is 2.12. The maximum atomic E-state index is 5.90. The largest absolute Gasteiger partial charge is 0.328 e. The van der Waals surface area contributed by atoms with E-state index in [-0.39, 0.29) is 6.04 Å². The Bertz CT molecular complexity index is 645. The van der Waals surface area contributed by atoms with Gasteiger partial charge in [0.25, 0.3) is 0 Å². The maximum Gasteiger partial charge on any atom is 0.113 e. The molecule has 0 bridgehead atoms. The number of aromatic nitrogens is 3. The Labute approximate surface area is 105 Å². The van der Waals surface area contributed by atoms with Crippen molar-refractivity contribution in [1.82, 2.24) is 15.0 Å². The van der Waals surface area contributed by atoms with Crippen molar-refractivity contribution >= 4 is 11.0 Å². The summed E-state index contributed by atoms with van der Waals surface area (Å²) in [4.78, 5) is 0. The Morgan fingerprint density at radius 1 is 1.00 bits per heavy atom. The first-order chi connectivity index (χ1) is 8.90. The highest BCUT2D eigenvalue weighted by Crippen LogP contribution is 2.20. The number of rotatable bonds is 3. The number of hydrogen-bond donors (Lipinski definition) is 1. The second-order valence-electron chi connectivity index (χ2n) is 4.18. The zero-order valence-electron chi connectivity index (χ0n) is 9.90. The average molecular weight is 238 g/mol. The van der Waals surface area contributed by atoms with Crippen molar-refractivity contribution in [3.8, 4) is 0 Å². The summed E-state index contributed by atoms with van der Waals surface area (Å²) in [6.07, 6.45) is 0. The topological polar surface area (TPSA) is 56.7 Å². The van der Waals surface area contributed by atoms with E-state index in [1.165, 1.54) is 0 Å². The van der Waals surface area contributed by atoms with Crippen molar-refractivity contribution in [2.75, 3.05) is 6.54 Å². The van der Waals surface area contributed by atoms with E-state index in [0.29, 0.717) is 6.54 Å². The van der Waals surface area contributed by atoms with Gasteiger partial charge < -0.3 is 5.73 Å². The van der Waals surface area contributed by atoms with Crippen LogP contribution in [0.4, 0.5) is 0 Å². The Hall–Kier alpha value is -2.20. The predicted octanol–water partition coefficient (Wildman–Crippen LogP) is 1.98. The molecule has 90 valence electrons. The normalized spacial score (nSPS) is 12.7. The molecular formula is C14H14N4. The van der Waals surface area contributed by atoms with Crippen molar-refractivity contribution in [1.29, 1.82) is 0 Å². The van der Waals surface area contributed by atoms with Gasteiger partial charge >= 0.3 is 0 Å². The summed E-state index contributed by atoms with van der Waals surface area (Å²) in [5, 5.41) is 8.40. The molecule has 3 aromatic rings. The van der Waals surface area contributed by atoms with Crippen LogP contribution in [-0.2, 0) is 0 Å². The molecule has 4 heteroatoms.